The fourth-order valence-corrected chi connectivity index (χ4v) is 1.62. The van der Waals surface area contributed by atoms with Crippen LogP contribution in [-0.4, -0.2) is 5.11 Å². The Balaban J connectivity index is 2.41. The Hall–Kier alpha value is -1.54. The predicted molar refractivity (Wildman–Crippen MR) is 59.4 cm³/mol. The van der Waals surface area contributed by atoms with Crippen LogP contribution in [0.1, 0.15) is 25.2 Å². The van der Waals surface area contributed by atoms with Gasteiger partial charge in [0.2, 0.25) is 0 Å². The summed E-state index contributed by atoms with van der Waals surface area (Å²) >= 11 is 0. The normalized spacial score (nSPS) is 12.7. The lowest BCUT2D eigenvalue weighted by molar-refractivity contribution is 0.146. The van der Waals surface area contributed by atoms with Crippen LogP contribution in [0.15, 0.2) is 47.1 Å². The molecule has 0 aliphatic rings. The monoisotopic (exact) mass is 202 g/mol. The molecular weight excluding hydrogens is 188 g/mol. The van der Waals surface area contributed by atoms with E-state index in [1.54, 1.807) is 6.26 Å². The maximum absolute atomic E-state index is 9.77. The molecule has 78 valence electrons. The number of hydrogen-bond acceptors (Lipinski definition) is 2. The first-order chi connectivity index (χ1) is 7.33. The number of aliphatic hydroxyl groups excluding tert-OH is 1. The van der Waals surface area contributed by atoms with Crippen LogP contribution in [0.3, 0.4) is 0 Å². The molecule has 0 amide bonds. The van der Waals surface area contributed by atoms with Crippen molar-refractivity contribution in [3.63, 3.8) is 0 Å². The van der Waals surface area contributed by atoms with Crippen molar-refractivity contribution < 1.29 is 9.52 Å². The number of rotatable bonds is 3. The molecule has 1 atom stereocenters. The van der Waals surface area contributed by atoms with E-state index in [0.717, 1.165) is 11.1 Å². The SMILES string of the molecule is CC[C@@H](O)c1occc1-c1ccccc1. The Kier molecular flexibility index (Phi) is 2.88. The third kappa shape index (κ3) is 1.95. The van der Waals surface area contributed by atoms with Crippen molar-refractivity contribution in [3.8, 4) is 11.1 Å². The van der Waals surface area contributed by atoms with E-state index in [0.29, 0.717) is 12.2 Å². The highest BCUT2D eigenvalue weighted by Crippen LogP contribution is 2.30. The van der Waals surface area contributed by atoms with E-state index >= 15 is 0 Å². The van der Waals surface area contributed by atoms with Gasteiger partial charge in [0.1, 0.15) is 11.9 Å². The molecule has 2 aromatic rings. The smallest absolute Gasteiger partial charge is 0.140 e. The molecule has 0 unspecified atom stereocenters. The van der Waals surface area contributed by atoms with E-state index in [1.807, 2.05) is 43.3 Å². The maximum Gasteiger partial charge on any atom is 0.140 e. The van der Waals surface area contributed by atoms with E-state index in [2.05, 4.69) is 0 Å². The number of aliphatic hydroxyl groups is 1. The van der Waals surface area contributed by atoms with E-state index in [1.165, 1.54) is 0 Å². The Labute approximate surface area is 89.2 Å². The Morgan fingerprint density at radius 3 is 2.60 bits per heavy atom. The van der Waals surface area contributed by atoms with Crippen molar-refractivity contribution in [3.05, 3.63) is 48.4 Å². The topological polar surface area (TPSA) is 33.4 Å². The summed E-state index contributed by atoms with van der Waals surface area (Å²) in [4.78, 5) is 0. The number of furan rings is 1. The van der Waals surface area contributed by atoms with E-state index in [9.17, 15) is 5.11 Å². The minimum Gasteiger partial charge on any atom is -0.466 e. The minimum absolute atomic E-state index is 0.518. The van der Waals surface area contributed by atoms with E-state index in [-0.39, 0.29) is 0 Å². The highest BCUT2D eigenvalue weighted by atomic mass is 16.4. The molecule has 0 spiro atoms. The molecule has 0 aliphatic carbocycles. The largest absolute Gasteiger partial charge is 0.466 e. The van der Waals surface area contributed by atoms with E-state index in [4.69, 9.17) is 4.42 Å². The molecule has 2 heteroatoms. The van der Waals surface area contributed by atoms with Crippen LogP contribution >= 0.6 is 0 Å². The summed E-state index contributed by atoms with van der Waals surface area (Å²) in [6.07, 6.45) is 1.76. The summed E-state index contributed by atoms with van der Waals surface area (Å²) in [5, 5.41) is 9.77. The van der Waals surface area contributed by atoms with Gasteiger partial charge in [-0.15, -0.1) is 0 Å². The summed E-state index contributed by atoms with van der Waals surface area (Å²) in [5.41, 5.74) is 2.05. The molecule has 1 N–H and O–H groups in total. The second-order valence-electron chi connectivity index (χ2n) is 3.49. The predicted octanol–water partition coefficient (Wildman–Crippen LogP) is 3.39. The lowest BCUT2D eigenvalue weighted by Gasteiger charge is -2.07. The molecule has 0 bridgehead atoms. The first-order valence-corrected chi connectivity index (χ1v) is 5.13. The van der Waals surface area contributed by atoms with Crippen LogP contribution in [0, 0.1) is 0 Å². The van der Waals surface area contributed by atoms with Crippen LogP contribution in [0.25, 0.3) is 11.1 Å². The number of benzene rings is 1. The summed E-state index contributed by atoms with van der Waals surface area (Å²) in [7, 11) is 0. The standard InChI is InChI=1S/C13H14O2/c1-2-12(14)13-11(8-9-15-13)10-6-4-3-5-7-10/h3-9,12,14H,2H2,1H3/t12-/m1/s1. The molecule has 0 saturated heterocycles. The molecule has 0 aliphatic heterocycles. The maximum atomic E-state index is 9.77. The zero-order valence-corrected chi connectivity index (χ0v) is 8.68. The first kappa shape index (κ1) is 9.99. The fourth-order valence-electron chi connectivity index (χ4n) is 1.62. The molecule has 1 aromatic heterocycles. The van der Waals surface area contributed by atoms with Crippen LogP contribution in [0.2, 0.25) is 0 Å². The van der Waals surface area contributed by atoms with Gasteiger partial charge in [0, 0.05) is 5.56 Å². The Morgan fingerprint density at radius 2 is 1.93 bits per heavy atom. The van der Waals surface area contributed by atoms with Gasteiger partial charge in [-0.2, -0.15) is 0 Å². The quantitative estimate of drug-likeness (QED) is 0.827. The molecule has 2 rings (SSSR count). The molecule has 1 heterocycles. The summed E-state index contributed by atoms with van der Waals surface area (Å²) in [6.45, 7) is 1.93. The van der Waals surface area contributed by atoms with Crippen LogP contribution < -0.4 is 0 Å². The van der Waals surface area contributed by atoms with Crippen molar-refractivity contribution in [2.24, 2.45) is 0 Å². The highest BCUT2D eigenvalue weighted by molar-refractivity contribution is 5.65. The second kappa shape index (κ2) is 4.32. The molecule has 15 heavy (non-hydrogen) atoms. The minimum atomic E-state index is -0.518. The van der Waals surface area contributed by atoms with Crippen LogP contribution in [0.4, 0.5) is 0 Å². The zero-order valence-electron chi connectivity index (χ0n) is 8.68. The summed E-state index contributed by atoms with van der Waals surface area (Å²) in [5.74, 6) is 0.656. The molecule has 0 fully saturated rings. The van der Waals surface area contributed by atoms with Gasteiger partial charge in [0.05, 0.1) is 6.26 Å². The zero-order chi connectivity index (χ0) is 10.7. The van der Waals surface area contributed by atoms with Gasteiger partial charge < -0.3 is 9.52 Å². The second-order valence-corrected chi connectivity index (χ2v) is 3.49. The fraction of sp³-hybridized carbons (Fsp3) is 0.231. The van der Waals surface area contributed by atoms with Gasteiger partial charge in [0.15, 0.2) is 0 Å². The first-order valence-electron chi connectivity index (χ1n) is 5.13. The summed E-state index contributed by atoms with van der Waals surface area (Å²) in [6, 6.07) is 11.8. The van der Waals surface area contributed by atoms with Crippen molar-refractivity contribution in [2.75, 3.05) is 0 Å². The molecule has 0 radical (unpaired) electrons. The Bertz CT molecular complexity index is 417. The van der Waals surface area contributed by atoms with Crippen LogP contribution in [-0.2, 0) is 0 Å². The Morgan fingerprint density at radius 1 is 1.20 bits per heavy atom. The molecule has 1 aromatic carbocycles. The van der Waals surface area contributed by atoms with Gasteiger partial charge in [0.25, 0.3) is 0 Å². The van der Waals surface area contributed by atoms with Crippen molar-refractivity contribution in [1.29, 1.82) is 0 Å². The van der Waals surface area contributed by atoms with Crippen molar-refractivity contribution >= 4 is 0 Å². The number of hydrogen-bond donors (Lipinski definition) is 1. The molecular formula is C13H14O2. The van der Waals surface area contributed by atoms with Gasteiger partial charge in [-0.05, 0) is 18.1 Å². The average molecular weight is 202 g/mol. The van der Waals surface area contributed by atoms with Gasteiger partial charge in [-0.3, -0.25) is 0 Å². The lowest BCUT2D eigenvalue weighted by Crippen LogP contribution is -1.94. The average Bonchev–Trinajstić information content (AvgIpc) is 2.78. The van der Waals surface area contributed by atoms with Crippen molar-refractivity contribution in [2.45, 2.75) is 19.4 Å². The van der Waals surface area contributed by atoms with Gasteiger partial charge in [-0.25, -0.2) is 0 Å². The van der Waals surface area contributed by atoms with Gasteiger partial charge >= 0.3 is 0 Å². The molecule has 2 nitrogen and oxygen atoms in total. The summed E-state index contributed by atoms with van der Waals surface area (Å²) < 4.78 is 5.32. The highest BCUT2D eigenvalue weighted by Gasteiger charge is 2.15. The van der Waals surface area contributed by atoms with E-state index < -0.39 is 6.10 Å². The lowest BCUT2D eigenvalue weighted by atomic mass is 10.0. The molecule has 0 saturated carbocycles. The third-order valence-corrected chi connectivity index (χ3v) is 2.47. The van der Waals surface area contributed by atoms with Crippen LogP contribution in [0.5, 0.6) is 0 Å². The third-order valence-electron chi connectivity index (χ3n) is 2.47. The van der Waals surface area contributed by atoms with Crippen molar-refractivity contribution in [1.82, 2.24) is 0 Å². The van der Waals surface area contributed by atoms with Gasteiger partial charge in [-0.1, -0.05) is 37.3 Å².